The van der Waals surface area contributed by atoms with Crippen molar-refractivity contribution in [3.05, 3.63) is 28.6 Å². The highest BCUT2D eigenvalue weighted by Gasteiger charge is 2.33. The van der Waals surface area contributed by atoms with Crippen molar-refractivity contribution >= 4 is 39.0 Å². The van der Waals surface area contributed by atoms with Crippen molar-refractivity contribution in [1.29, 1.82) is 5.26 Å². The fraction of sp³-hybridized carbons (Fsp3) is 0.400. The van der Waals surface area contributed by atoms with Crippen molar-refractivity contribution in [2.45, 2.75) is 19.9 Å². The third-order valence-electron chi connectivity index (χ3n) is 3.42. The van der Waals surface area contributed by atoms with E-state index in [1.54, 1.807) is 19.1 Å². The van der Waals surface area contributed by atoms with E-state index in [1.807, 2.05) is 6.07 Å². The highest BCUT2D eigenvalue weighted by molar-refractivity contribution is 8.18. The summed E-state index contributed by atoms with van der Waals surface area (Å²) in [5, 5.41) is 8.30. The first-order valence-electron chi connectivity index (χ1n) is 7.42. The van der Waals surface area contributed by atoms with Gasteiger partial charge < -0.3 is 4.42 Å². The number of nitriles is 1. The van der Waals surface area contributed by atoms with Gasteiger partial charge in [0.2, 0.25) is 10.0 Å². The maximum Gasteiger partial charge on any atom is 0.293 e. The lowest BCUT2D eigenvalue weighted by Gasteiger charge is -2.16. The number of thioether (sulfide) groups is 1. The maximum absolute atomic E-state index is 12.0. The Morgan fingerprint density at radius 1 is 1.40 bits per heavy atom. The molecule has 0 radical (unpaired) electrons. The molecule has 0 N–H and O–H groups in total. The lowest BCUT2D eigenvalue weighted by molar-refractivity contribution is -0.122. The van der Waals surface area contributed by atoms with E-state index in [1.165, 1.54) is 6.08 Å². The number of carbonyl (C=O) groups is 2. The number of carbonyl (C=O) groups excluding carboxylic acids is 2. The van der Waals surface area contributed by atoms with Gasteiger partial charge in [0.05, 0.1) is 23.8 Å². The van der Waals surface area contributed by atoms with Crippen molar-refractivity contribution in [2.75, 3.05) is 19.3 Å². The van der Waals surface area contributed by atoms with Gasteiger partial charge in [-0.25, -0.2) is 8.42 Å². The van der Waals surface area contributed by atoms with Crippen LogP contribution in [0.25, 0.3) is 6.08 Å². The number of likely N-dealkylation sites (N-methyl/N-ethyl adjacent to an activating group) is 1. The van der Waals surface area contributed by atoms with Crippen molar-refractivity contribution in [2.24, 2.45) is 0 Å². The molecule has 1 aromatic heterocycles. The molecule has 0 bridgehead atoms. The molecule has 0 aromatic carbocycles. The molecule has 25 heavy (non-hydrogen) atoms. The molecule has 1 aromatic rings. The van der Waals surface area contributed by atoms with E-state index in [0.29, 0.717) is 18.1 Å². The van der Waals surface area contributed by atoms with Gasteiger partial charge in [0, 0.05) is 25.6 Å². The fourth-order valence-electron chi connectivity index (χ4n) is 2.17. The lowest BCUT2D eigenvalue weighted by atomic mass is 10.3. The summed E-state index contributed by atoms with van der Waals surface area (Å²) in [6, 6.07) is 5.10. The third-order valence-corrected chi connectivity index (χ3v) is 5.58. The van der Waals surface area contributed by atoms with Crippen LogP contribution in [0.15, 0.2) is 21.5 Å². The molecule has 2 heterocycles. The van der Waals surface area contributed by atoms with Gasteiger partial charge in [0.25, 0.3) is 11.1 Å². The van der Waals surface area contributed by atoms with Crippen molar-refractivity contribution < 1.29 is 22.4 Å². The second-order valence-electron chi connectivity index (χ2n) is 5.23. The molecule has 0 unspecified atom stereocenters. The Morgan fingerprint density at radius 3 is 2.68 bits per heavy atom. The molecule has 1 fully saturated rings. The van der Waals surface area contributed by atoms with Gasteiger partial charge in [-0.3, -0.25) is 14.5 Å². The minimum Gasteiger partial charge on any atom is -0.460 e. The van der Waals surface area contributed by atoms with Crippen LogP contribution < -0.4 is 0 Å². The number of hydrogen-bond donors (Lipinski definition) is 0. The largest absolute Gasteiger partial charge is 0.460 e. The van der Waals surface area contributed by atoms with Gasteiger partial charge in [0.15, 0.2) is 0 Å². The maximum atomic E-state index is 12.0. The minimum absolute atomic E-state index is 0.00914. The molecule has 10 heteroatoms. The second-order valence-corrected chi connectivity index (χ2v) is 8.21. The molecule has 0 spiro atoms. The van der Waals surface area contributed by atoms with E-state index in [-0.39, 0.29) is 35.6 Å². The predicted octanol–water partition coefficient (Wildman–Crippen LogP) is 2.01. The Kier molecular flexibility index (Phi) is 6.05. The van der Waals surface area contributed by atoms with E-state index < -0.39 is 10.0 Å². The Bertz CT molecular complexity index is 851. The SMILES string of the molecule is CCN1C(=O)S/C(=C\c2ccc(CN(CCC#N)S(C)(=O)=O)o2)C1=O. The number of amides is 2. The first-order chi connectivity index (χ1) is 11.8. The van der Waals surface area contributed by atoms with E-state index >= 15 is 0 Å². The van der Waals surface area contributed by atoms with Crippen LogP contribution in [-0.4, -0.2) is 48.1 Å². The van der Waals surface area contributed by atoms with Crippen LogP contribution in [0.4, 0.5) is 4.79 Å². The summed E-state index contributed by atoms with van der Waals surface area (Å²) in [7, 11) is -3.48. The quantitative estimate of drug-likeness (QED) is 0.662. The van der Waals surface area contributed by atoms with Crippen molar-refractivity contribution in [3.8, 4) is 6.07 Å². The average Bonchev–Trinajstić information content (AvgIpc) is 3.07. The predicted molar refractivity (Wildman–Crippen MR) is 92.5 cm³/mol. The van der Waals surface area contributed by atoms with Gasteiger partial charge in [-0.1, -0.05) is 0 Å². The van der Waals surface area contributed by atoms with Crippen LogP contribution in [0.3, 0.4) is 0 Å². The average molecular weight is 383 g/mol. The van der Waals surface area contributed by atoms with Gasteiger partial charge >= 0.3 is 0 Å². The highest BCUT2D eigenvalue weighted by atomic mass is 32.2. The van der Waals surface area contributed by atoms with Gasteiger partial charge in [-0.05, 0) is 30.8 Å². The summed E-state index contributed by atoms with van der Waals surface area (Å²) in [6.45, 7) is 2.07. The third kappa shape index (κ3) is 4.72. The van der Waals surface area contributed by atoms with Crippen LogP contribution in [0.2, 0.25) is 0 Å². The van der Waals surface area contributed by atoms with Gasteiger partial charge in [-0.15, -0.1) is 0 Å². The summed E-state index contributed by atoms with van der Waals surface area (Å²) in [5.41, 5.74) is 0. The first-order valence-corrected chi connectivity index (χ1v) is 10.1. The van der Waals surface area contributed by atoms with Gasteiger partial charge in [-0.2, -0.15) is 9.57 Å². The molecule has 2 rings (SSSR count). The number of hydrogen-bond acceptors (Lipinski definition) is 7. The molecule has 0 atom stereocenters. The summed E-state index contributed by atoms with van der Waals surface area (Å²) in [5.74, 6) is 0.358. The van der Waals surface area contributed by atoms with E-state index in [4.69, 9.17) is 9.68 Å². The van der Waals surface area contributed by atoms with Crippen molar-refractivity contribution in [3.63, 3.8) is 0 Å². The molecule has 2 amide bonds. The zero-order chi connectivity index (χ0) is 18.6. The minimum atomic E-state index is -3.48. The smallest absolute Gasteiger partial charge is 0.293 e. The normalized spacial score (nSPS) is 16.9. The molecule has 0 saturated carbocycles. The lowest BCUT2D eigenvalue weighted by Crippen LogP contribution is -2.30. The zero-order valence-corrected chi connectivity index (χ0v) is 15.4. The number of imide groups is 1. The molecule has 8 nitrogen and oxygen atoms in total. The van der Waals surface area contributed by atoms with E-state index in [2.05, 4.69) is 0 Å². The van der Waals surface area contributed by atoms with E-state index in [9.17, 15) is 18.0 Å². The molecular formula is C15H17N3O5S2. The fourth-order valence-corrected chi connectivity index (χ4v) is 3.84. The summed E-state index contributed by atoms with van der Waals surface area (Å²) in [4.78, 5) is 25.1. The van der Waals surface area contributed by atoms with Crippen LogP contribution in [0.5, 0.6) is 0 Å². The van der Waals surface area contributed by atoms with Crippen LogP contribution in [0.1, 0.15) is 24.9 Å². The molecule has 1 aliphatic rings. The van der Waals surface area contributed by atoms with Gasteiger partial charge in [0.1, 0.15) is 11.5 Å². The molecule has 0 aliphatic carbocycles. The zero-order valence-electron chi connectivity index (χ0n) is 13.8. The Morgan fingerprint density at radius 2 is 2.12 bits per heavy atom. The number of rotatable bonds is 7. The summed E-state index contributed by atoms with van der Waals surface area (Å²) in [6.07, 6.45) is 2.60. The molecule has 134 valence electrons. The van der Waals surface area contributed by atoms with Crippen LogP contribution in [-0.2, 0) is 21.4 Å². The topological polar surface area (TPSA) is 112 Å². The second kappa shape index (κ2) is 7.86. The van der Waals surface area contributed by atoms with Crippen LogP contribution in [0, 0.1) is 11.3 Å². The Hall–Kier alpha value is -2.09. The monoisotopic (exact) mass is 383 g/mol. The number of furan rings is 1. The molecule has 1 saturated heterocycles. The Balaban J connectivity index is 2.15. The Labute approximate surface area is 150 Å². The number of nitrogens with zero attached hydrogens (tertiary/aromatic N) is 3. The standard InChI is InChI=1S/C15H17N3O5S2/c1-3-18-14(19)13(24-15(18)20)9-11-5-6-12(23-11)10-17(8-4-7-16)25(2,21)22/h5-6,9H,3-4,8,10H2,1-2H3/b13-9-. The first kappa shape index (κ1) is 19.2. The molecule has 1 aliphatic heterocycles. The molecular weight excluding hydrogens is 366 g/mol. The highest BCUT2D eigenvalue weighted by Crippen LogP contribution is 2.32. The van der Waals surface area contributed by atoms with Crippen LogP contribution >= 0.6 is 11.8 Å². The number of sulfonamides is 1. The summed E-state index contributed by atoms with van der Waals surface area (Å²) >= 11 is 0.836. The van der Waals surface area contributed by atoms with E-state index in [0.717, 1.165) is 27.2 Å². The summed E-state index contributed by atoms with van der Waals surface area (Å²) < 4.78 is 30.2. The van der Waals surface area contributed by atoms with Crippen molar-refractivity contribution in [1.82, 2.24) is 9.21 Å².